The molecule has 1 unspecified atom stereocenters. The van der Waals surface area contributed by atoms with E-state index >= 15 is 0 Å². The van der Waals surface area contributed by atoms with Crippen LogP contribution >= 0.6 is 0 Å². The zero-order valence-electron chi connectivity index (χ0n) is 11.3. The third-order valence-electron chi connectivity index (χ3n) is 3.20. The lowest BCUT2D eigenvalue weighted by Gasteiger charge is -2.19. The number of methoxy groups -OCH3 is 1. The van der Waals surface area contributed by atoms with Crippen LogP contribution in [0.25, 0.3) is 0 Å². The number of ether oxygens (including phenoxy) is 1. The van der Waals surface area contributed by atoms with Crippen molar-refractivity contribution >= 4 is 0 Å². The fraction of sp³-hybridized carbons (Fsp3) is 0.357. The molecule has 0 aliphatic rings. The van der Waals surface area contributed by atoms with E-state index in [1.807, 2.05) is 17.7 Å². The van der Waals surface area contributed by atoms with Gasteiger partial charge in [-0.2, -0.15) is 0 Å². The Morgan fingerprint density at radius 3 is 2.61 bits per heavy atom. The van der Waals surface area contributed by atoms with Crippen LogP contribution in [0.15, 0.2) is 24.7 Å². The predicted octanol–water partition coefficient (Wildman–Crippen LogP) is 2.09. The maximum Gasteiger partial charge on any atom is 0.124 e. The molecule has 0 aliphatic carbocycles. The minimum Gasteiger partial charge on any atom is -0.496 e. The molecule has 1 aromatic carbocycles. The lowest BCUT2D eigenvalue weighted by molar-refractivity contribution is 0.406. The van der Waals surface area contributed by atoms with Crippen LogP contribution in [0.1, 0.15) is 28.4 Å². The predicted molar refractivity (Wildman–Crippen MR) is 71.7 cm³/mol. The monoisotopic (exact) mass is 245 g/mol. The van der Waals surface area contributed by atoms with Gasteiger partial charge in [-0.15, -0.1) is 0 Å². The number of benzene rings is 1. The summed E-state index contributed by atoms with van der Waals surface area (Å²) in [4.78, 5) is 4.11. The molecule has 1 heterocycles. The molecule has 2 aromatic rings. The Kier molecular flexibility index (Phi) is 3.39. The van der Waals surface area contributed by atoms with Crippen molar-refractivity contribution in [2.75, 3.05) is 7.11 Å². The Morgan fingerprint density at radius 2 is 2.06 bits per heavy atom. The molecule has 2 N–H and O–H groups in total. The summed E-state index contributed by atoms with van der Waals surface area (Å²) in [5.74, 6) is 0.834. The molecule has 96 valence electrons. The van der Waals surface area contributed by atoms with E-state index in [0.717, 1.165) is 22.6 Å². The van der Waals surface area contributed by atoms with Gasteiger partial charge in [-0.25, -0.2) is 4.98 Å². The van der Waals surface area contributed by atoms with Gasteiger partial charge in [0.05, 0.1) is 31.4 Å². The third-order valence-corrected chi connectivity index (χ3v) is 3.20. The molecular weight excluding hydrogens is 226 g/mol. The summed E-state index contributed by atoms with van der Waals surface area (Å²) in [7, 11) is 3.62. The van der Waals surface area contributed by atoms with E-state index in [2.05, 4.69) is 24.9 Å². The summed E-state index contributed by atoms with van der Waals surface area (Å²) < 4.78 is 7.39. The molecule has 0 spiro atoms. The average molecular weight is 245 g/mol. The van der Waals surface area contributed by atoms with Crippen LogP contribution < -0.4 is 10.5 Å². The molecule has 0 bridgehead atoms. The van der Waals surface area contributed by atoms with Gasteiger partial charge in [0.15, 0.2) is 0 Å². The molecule has 4 nitrogen and oxygen atoms in total. The maximum atomic E-state index is 6.35. The second kappa shape index (κ2) is 4.82. The highest BCUT2D eigenvalue weighted by molar-refractivity contribution is 5.47. The molecule has 0 saturated carbocycles. The van der Waals surface area contributed by atoms with Gasteiger partial charge < -0.3 is 15.0 Å². The number of aromatic nitrogens is 2. The van der Waals surface area contributed by atoms with Crippen LogP contribution in [0, 0.1) is 13.8 Å². The summed E-state index contributed by atoms with van der Waals surface area (Å²) in [5.41, 5.74) is 10.7. The second-order valence-electron chi connectivity index (χ2n) is 4.60. The van der Waals surface area contributed by atoms with Gasteiger partial charge in [0.2, 0.25) is 0 Å². The quantitative estimate of drug-likeness (QED) is 0.901. The molecule has 0 aliphatic heterocycles. The Bertz CT molecular complexity index is 560. The van der Waals surface area contributed by atoms with Gasteiger partial charge >= 0.3 is 0 Å². The van der Waals surface area contributed by atoms with E-state index in [9.17, 15) is 0 Å². The van der Waals surface area contributed by atoms with Gasteiger partial charge in [0, 0.05) is 12.6 Å². The fourth-order valence-corrected chi connectivity index (χ4v) is 2.32. The standard InChI is InChI=1S/C14H19N3O/c1-9-5-10(2)13(12(6-9)18-4)14(15)11-7-16-8-17(11)3/h5-8,14H,15H2,1-4H3. The van der Waals surface area contributed by atoms with Gasteiger partial charge in [-0.1, -0.05) is 6.07 Å². The van der Waals surface area contributed by atoms with E-state index in [1.165, 1.54) is 5.56 Å². The van der Waals surface area contributed by atoms with E-state index in [-0.39, 0.29) is 6.04 Å². The maximum absolute atomic E-state index is 6.35. The zero-order valence-corrected chi connectivity index (χ0v) is 11.3. The first-order valence-corrected chi connectivity index (χ1v) is 5.91. The van der Waals surface area contributed by atoms with Gasteiger partial charge in [-0.05, 0) is 31.0 Å². The Hall–Kier alpha value is -1.81. The Balaban J connectivity index is 2.54. The molecular formula is C14H19N3O. The van der Waals surface area contributed by atoms with E-state index < -0.39 is 0 Å². The largest absolute Gasteiger partial charge is 0.496 e. The molecule has 0 amide bonds. The van der Waals surface area contributed by atoms with Crippen LogP contribution in [0.5, 0.6) is 5.75 Å². The molecule has 2 rings (SSSR count). The normalized spacial score (nSPS) is 12.5. The number of hydrogen-bond donors (Lipinski definition) is 1. The molecule has 0 radical (unpaired) electrons. The minimum atomic E-state index is -0.229. The lowest BCUT2D eigenvalue weighted by Crippen LogP contribution is -2.17. The van der Waals surface area contributed by atoms with Crippen molar-refractivity contribution in [1.82, 2.24) is 9.55 Å². The SMILES string of the molecule is COc1cc(C)cc(C)c1C(N)c1cncn1C. The molecule has 4 heteroatoms. The zero-order chi connectivity index (χ0) is 13.3. The molecule has 0 fully saturated rings. The minimum absolute atomic E-state index is 0.229. The van der Waals surface area contributed by atoms with Crippen molar-refractivity contribution in [2.24, 2.45) is 12.8 Å². The smallest absolute Gasteiger partial charge is 0.124 e. The molecule has 0 saturated heterocycles. The fourth-order valence-electron chi connectivity index (χ4n) is 2.32. The number of aryl methyl sites for hydroxylation is 3. The molecule has 18 heavy (non-hydrogen) atoms. The topological polar surface area (TPSA) is 53.1 Å². The van der Waals surface area contributed by atoms with Crippen molar-refractivity contribution in [3.63, 3.8) is 0 Å². The number of rotatable bonds is 3. The van der Waals surface area contributed by atoms with Crippen LogP contribution in [0.2, 0.25) is 0 Å². The highest BCUT2D eigenvalue weighted by atomic mass is 16.5. The second-order valence-corrected chi connectivity index (χ2v) is 4.60. The first-order chi connectivity index (χ1) is 8.54. The number of nitrogens with zero attached hydrogens (tertiary/aromatic N) is 2. The van der Waals surface area contributed by atoms with Crippen molar-refractivity contribution in [3.8, 4) is 5.75 Å². The Morgan fingerprint density at radius 1 is 1.33 bits per heavy atom. The highest BCUT2D eigenvalue weighted by Gasteiger charge is 2.19. The van der Waals surface area contributed by atoms with Crippen molar-refractivity contribution in [1.29, 1.82) is 0 Å². The van der Waals surface area contributed by atoms with Crippen molar-refractivity contribution in [3.05, 3.63) is 47.0 Å². The summed E-state index contributed by atoms with van der Waals surface area (Å²) in [6.07, 6.45) is 3.55. The van der Waals surface area contributed by atoms with E-state index in [1.54, 1.807) is 19.6 Å². The van der Waals surface area contributed by atoms with Crippen LogP contribution in [-0.4, -0.2) is 16.7 Å². The summed E-state index contributed by atoms with van der Waals surface area (Å²) in [6.45, 7) is 4.11. The van der Waals surface area contributed by atoms with E-state index in [0.29, 0.717) is 0 Å². The van der Waals surface area contributed by atoms with Gasteiger partial charge in [-0.3, -0.25) is 0 Å². The highest BCUT2D eigenvalue weighted by Crippen LogP contribution is 2.32. The Labute approximate surface area is 107 Å². The first-order valence-electron chi connectivity index (χ1n) is 5.91. The van der Waals surface area contributed by atoms with Crippen LogP contribution in [0.4, 0.5) is 0 Å². The first kappa shape index (κ1) is 12.6. The number of nitrogens with two attached hydrogens (primary N) is 1. The summed E-state index contributed by atoms with van der Waals surface area (Å²) in [6, 6.07) is 3.90. The molecule has 1 aromatic heterocycles. The lowest BCUT2D eigenvalue weighted by atomic mass is 9.96. The third kappa shape index (κ3) is 2.11. The van der Waals surface area contributed by atoms with E-state index in [4.69, 9.17) is 10.5 Å². The summed E-state index contributed by atoms with van der Waals surface area (Å²) in [5, 5.41) is 0. The number of imidazole rings is 1. The summed E-state index contributed by atoms with van der Waals surface area (Å²) >= 11 is 0. The van der Waals surface area contributed by atoms with Crippen LogP contribution in [0.3, 0.4) is 0 Å². The number of hydrogen-bond acceptors (Lipinski definition) is 3. The average Bonchev–Trinajstić information content (AvgIpc) is 2.73. The van der Waals surface area contributed by atoms with Crippen LogP contribution in [-0.2, 0) is 7.05 Å². The van der Waals surface area contributed by atoms with Gasteiger partial charge in [0.25, 0.3) is 0 Å². The molecule has 1 atom stereocenters. The van der Waals surface area contributed by atoms with Crippen molar-refractivity contribution < 1.29 is 4.74 Å². The van der Waals surface area contributed by atoms with Crippen molar-refractivity contribution in [2.45, 2.75) is 19.9 Å². The van der Waals surface area contributed by atoms with Gasteiger partial charge in [0.1, 0.15) is 5.75 Å².